The van der Waals surface area contributed by atoms with Crippen LogP contribution in [0.25, 0.3) is 0 Å². The minimum Gasteiger partial charge on any atom is -0.469 e. The summed E-state index contributed by atoms with van der Waals surface area (Å²) < 4.78 is 4.57. The molecule has 0 saturated heterocycles. The van der Waals surface area contributed by atoms with Gasteiger partial charge in [0.1, 0.15) is 0 Å². The number of aromatic amines is 1. The molecular formula is C11H13NO3. The zero-order valence-electron chi connectivity index (χ0n) is 8.63. The molecule has 1 heterocycles. The molecular weight excluding hydrogens is 194 g/mol. The molecule has 2 rings (SSSR count). The topological polar surface area (TPSA) is 59.2 Å². The Hall–Kier alpha value is -1.58. The van der Waals surface area contributed by atoms with Crippen molar-refractivity contribution in [2.75, 3.05) is 7.11 Å². The van der Waals surface area contributed by atoms with Crippen molar-refractivity contribution in [1.29, 1.82) is 0 Å². The Balaban J connectivity index is 2.22. The van der Waals surface area contributed by atoms with Crippen LogP contribution in [0.3, 0.4) is 0 Å². The zero-order chi connectivity index (χ0) is 10.8. The Kier molecular flexibility index (Phi) is 2.58. The summed E-state index contributed by atoms with van der Waals surface area (Å²) in [7, 11) is 1.36. The maximum Gasteiger partial charge on any atom is 0.311 e. The Morgan fingerprint density at radius 2 is 2.33 bits per heavy atom. The summed E-state index contributed by atoms with van der Waals surface area (Å²) in [5.41, 5.74) is 2.48. The number of hydrogen-bond donors (Lipinski definition) is 1. The zero-order valence-corrected chi connectivity index (χ0v) is 8.63. The second-order valence-electron chi connectivity index (χ2n) is 3.72. The average Bonchev–Trinajstić information content (AvgIpc) is 2.62. The SMILES string of the molecule is COC(=O)Cc1cc2c([nH]1)CCCC2=O. The smallest absolute Gasteiger partial charge is 0.311 e. The van der Waals surface area contributed by atoms with Crippen molar-refractivity contribution < 1.29 is 14.3 Å². The summed E-state index contributed by atoms with van der Waals surface area (Å²) in [6.07, 6.45) is 2.60. The highest BCUT2D eigenvalue weighted by Gasteiger charge is 2.20. The molecule has 1 aliphatic carbocycles. The van der Waals surface area contributed by atoms with Gasteiger partial charge in [-0.2, -0.15) is 0 Å². The molecule has 80 valence electrons. The monoisotopic (exact) mass is 207 g/mol. The molecule has 0 aliphatic heterocycles. The van der Waals surface area contributed by atoms with Crippen LogP contribution in [-0.2, 0) is 22.4 Å². The van der Waals surface area contributed by atoms with Crippen LogP contribution in [0.15, 0.2) is 6.07 Å². The number of carbonyl (C=O) groups excluding carboxylic acids is 2. The number of ketones is 1. The number of hydrogen-bond acceptors (Lipinski definition) is 3. The predicted octanol–water partition coefficient (Wildman–Crippen LogP) is 1.25. The minimum absolute atomic E-state index is 0.170. The normalized spacial score (nSPS) is 14.9. The quantitative estimate of drug-likeness (QED) is 0.742. The summed E-state index contributed by atoms with van der Waals surface area (Å²) in [5, 5.41) is 0. The van der Waals surface area contributed by atoms with Gasteiger partial charge in [0.15, 0.2) is 5.78 Å². The Bertz CT molecular complexity index is 406. The fourth-order valence-corrected chi connectivity index (χ4v) is 1.89. The first-order valence-electron chi connectivity index (χ1n) is 5.01. The van der Waals surface area contributed by atoms with Crippen LogP contribution in [0.5, 0.6) is 0 Å². The number of ether oxygens (including phenoxy) is 1. The van der Waals surface area contributed by atoms with Crippen molar-refractivity contribution >= 4 is 11.8 Å². The van der Waals surface area contributed by atoms with E-state index in [4.69, 9.17) is 0 Å². The van der Waals surface area contributed by atoms with E-state index in [1.807, 2.05) is 0 Å². The highest BCUT2D eigenvalue weighted by molar-refractivity contribution is 5.98. The largest absolute Gasteiger partial charge is 0.469 e. The van der Waals surface area contributed by atoms with Gasteiger partial charge in [0.05, 0.1) is 13.5 Å². The second-order valence-corrected chi connectivity index (χ2v) is 3.72. The van der Waals surface area contributed by atoms with Gasteiger partial charge in [-0.1, -0.05) is 0 Å². The summed E-state index contributed by atoms with van der Waals surface area (Å²) in [5.74, 6) is -0.121. The Morgan fingerprint density at radius 3 is 3.00 bits per heavy atom. The maximum atomic E-state index is 11.5. The number of fused-ring (bicyclic) bond motifs is 1. The summed E-state index contributed by atoms with van der Waals surface area (Å²) in [6.45, 7) is 0. The van der Waals surface area contributed by atoms with Gasteiger partial charge in [-0.05, 0) is 18.9 Å². The molecule has 15 heavy (non-hydrogen) atoms. The number of methoxy groups -OCH3 is 1. The molecule has 0 saturated carbocycles. The van der Waals surface area contributed by atoms with Crippen molar-refractivity contribution in [2.24, 2.45) is 0 Å². The number of rotatable bonds is 2. The van der Waals surface area contributed by atoms with Crippen LogP contribution in [0.4, 0.5) is 0 Å². The molecule has 0 spiro atoms. The first-order valence-corrected chi connectivity index (χ1v) is 5.01. The minimum atomic E-state index is -0.291. The van der Waals surface area contributed by atoms with Gasteiger partial charge in [0.2, 0.25) is 0 Å². The molecule has 1 aliphatic rings. The van der Waals surface area contributed by atoms with Crippen LogP contribution < -0.4 is 0 Å². The Labute approximate surface area is 87.6 Å². The molecule has 1 N–H and O–H groups in total. The van der Waals surface area contributed by atoms with Gasteiger partial charge in [0.25, 0.3) is 0 Å². The highest BCUT2D eigenvalue weighted by Crippen LogP contribution is 2.21. The maximum absolute atomic E-state index is 11.5. The van der Waals surface area contributed by atoms with Gasteiger partial charge in [-0.3, -0.25) is 9.59 Å². The molecule has 0 amide bonds. The van der Waals surface area contributed by atoms with Crippen LogP contribution >= 0.6 is 0 Å². The molecule has 0 radical (unpaired) electrons. The molecule has 0 unspecified atom stereocenters. The fourth-order valence-electron chi connectivity index (χ4n) is 1.89. The van der Waals surface area contributed by atoms with E-state index in [2.05, 4.69) is 9.72 Å². The molecule has 1 aromatic heterocycles. The van der Waals surface area contributed by atoms with E-state index >= 15 is 0 Å². The standard InChI is InChI=1S/C11H13NO3/c1-15-11(14)6-7-5-8-9(12-7)3-2-4-10(8)13/h5,12H,2-4,6H2,1H3. The lowest BCUT2D eigenvalue weighted by Gasteiger charge is -2.08. The van der Waals surface area contributed by atoms with Crippen LogP contribution in [-0.4, -0.2) is 23.8 Å². The number of Topliss-reactive ketones (excluding diaryl/α,β-unsaturated/α-hetero) is 1. The fraction of sp³-hybridized carbons (Fsp3) is 0.455. The summed E-state index contributed by atoms with van der Waals surface area (Å²) in [6, 6.07) is 1.77. The molecule has 4 nitrogen and oxygen atoms in total. The number of carbonyl (C=O) groups is 2. The third-order valence-electron chi connectivity index (χ3n) is 2.65. The van der Waals surface area contributed by atoms with Crippen LogP contribution in [0, 0.1) is 0 Å². The van der Waals surface area contributed by atoms with E-state index in [1.165, 1.54) is 7.11 Å². The third kappa shape index (κ3) is 1.93. The van der Waals surface area contributed by atoms with Gasteiger partial charge in [0, 0.05) is 23.4 Å². The van der Waals surface area contributed by atoms with E-state index in [9.17, 15) is 9.59 Å². The van der Waals surface area contributed by atoms with Crippen molar-refractivity contribution in [3.63, 3.8) is 0 Å². The van der Waals surface area contributed by atoms with E-state index in [-0.39, 0.29) is 18.2 Å². The summed E-state index contributed by atoms with van der Waals surface area (Å²) in [4.78, 5) is 25.7. The van der Waals surface area contributed by atoms with Crippen LogP contribution in [0.1, 0.15) is 34.6 Å². The molecule has 0 fully saturated rings. The van der Waals surface area contributed by atoms with E-state index in [1.54, 1.807) is 6.07 Å². The van der Waals surface area contributed by atoms with Crippen LogP contribution in [0.2, 0.25) is 0 Å². The van der Waals surface area contributed by atoms with Gasteiger partial charge in [-0.15, -0.1) is 0 Å². The van der Waals surface area contributed by atoms with Crippen molar-refractivity contribution in [2.45, 2.75) is 25.7 Å². The lowest BCUT2D eigenvalue weighted by Crippen LogP contribution is -2.08. The van der Waals surface area contributed by atoms with Gasteiger partial charge < -0.3 is 9.72 Å². The number of esters is 1. The number of aryl methyl sites for hydroxylation is 1. The average molecular weight is 207 g/mol. The van der Waals surface area contributed by atoms with Gasteiger partial charge in [-0.25, -0.2) is 0 Å². The van der Waals surface area contributed by atoms with E-state index in [0.29, 0.717) is 6.42 Å². The lowest BCUT2D eigenvalue weighted by molar-refractivity contribution is -0.139. The number of nitrogens with one attached hydrogen (secondary N) is 1. The third-order valence-corrected chi connectivity index (χ3v) is 2.65. The van der Waals surface area contributed by atoms with Crippen molar-refractivity contribution in [3.8, 4) is 0 Å². The first kappa shape index (κ1) is 9.96. The first-order chi connectivity index (χ1) is 7.20. The van der Waals surface area contributed by atoms with Crippen molar-refractivity contribution in [3.05, 3.63) is 23.0 Å². The van der Waals surface area contributed by atoms with Gasteiger partial charge >= 0.3 is 5.97 Å². The molecule has 0 atom stereocenters. The molecule has 0 aromatic carbocycles. The summed E-state index contributed by atoms with van der Waals surface area (Å²) >= 11 is 0. The molecule has 0 bridgehead atoms. The van der Waals surface area contributed by atoms with Crippen molar-refractivity contribution in [1.82, 2.24) is 4.98 Å². The number of aromatic nitrogens is 1. The predicted molar refractivity (Wildman–Crippen MR) is 53.8 cm³/mol. The highest BCUT2D eigenvalue weighted by atomic mass is 16.5. The van der Waals surface area contributed by atoms with E-state index in [0.717, 1.165) is 29.8 Å². The Morgan fingerprint density at radius 1 is 1.53 bits per heavy atom. The molecule has 1 aromatic rings. The number of H-pyrrole nitrogens is 1. The molecule has 4 heteroatoms. The second kappa shape index (κ2) is 3.88. The lowest BCUT2D eigenvalue weighted by atomic mass is 9.97. The van der Waals surface area contributed by atoms with E-state index < -0.39 is 0 Å².